The average molecular weight is 491 g/mol. The smallest absolute Gasteiger partial charge is 0.269 e. The number of methoxy groups -OCH3 is 1. The molecule has 0 bridgehead atoms. The van der Waals surface area contributed by atoms with Crippen LogP contribution in [0.3, 0.4) is 0 Å². The maximum absolute atomic E-state index is 12.7. The zero-order valence-corrected chi connectivity index (χ0v) is 20.7. The van der Waals surface area contributed by atoms with Gasteiger partial charge in [-0.15, -0.1) is 12.4 Å². The normalized spacial score (nSPS) is 18.8. The van der Waals surface area contributed by atoms with Gasteiger partial charge in [-0.25, -0.2) is 12.7 Å². The van der Waals surface area contributed by atoms with Crippen molar-refractivity contribution in [3.05, 3.63) is 71.3 Å². The van der Waals surface area contributed by atoms with E-state index >= 15 is 0 Å². The van der Waals surface area contributed by atoms with E-state index in [4.69, 9.17) is 4.74 Å². The highest BCUT2D eigenvalue weighted by molar-refractivity contribution is 7.90. The molecule has 178 valence electrons. The minimum absolute atomic E-state index is 0. The van der Waals surface area contributed by atoms with Crippen LogP contribution in [-0.4, -0.2) is 56.3 Å². The Hall–Kier alpha value is -2.35. The summed E-state index contributed by atoms with van der Waals surface area (Å²) in [5.74, 6) is 0.503. The van der Waals surface area contributed by atoms with E-state index in [1.807, 2.05) is 12.1 Å². The molecular weight excluding hydrogens is 460 g/mol. The van der Waals surface area contributed by atoms with E-state index in [9.17, 15) is 13.2 Å². The molecule has 1 unspecified atom stereocenters. The van der Waals surface area contributed by atoms with Crippen molar-refractivity contribution >= 4 is 28.3 Å². The summed E-state index contributed by atoms with van der Waals surface area (Å²) in [6.07, 6.45) is 7.88. The molecular formula is C25H31ClN2O4S. The molecule has 0 aromatic heterocycles. The Labute approximate surface area is 202 Å². The Morgan fingerprint density at radius 1 is 1.15 bits per heavy atom. The van der Waals surface area contributed by atoms with Gasteiger partial charge in [0.15, 0.2) is 0 Å². The molecule has 1 heterocycles. The van der Waals surface area contributed by atoms with Crippen molar-refractivity contribution in [2.24, 2.45) is 0 Å². The van der Waals surface area contributed by atoms with Gasteiger partial charge in [0.05, 0.1) is 19.2 Å². The number of rotatable bonds is 8. The van der Waals surface area contributed by atoms with E-state index in [0.29, 0.717) is 6.04 Å². The third-order valence-corrected chi connectivity index (χ3v) is 8.16. The van der Waals surface area contributed by atoms with Crippen molar-refractivity contribution in [3.8, 4) is 5.75 Å². The molecule has 33 heavy (non-hydrogen) atoms. The van der Waals surface area contributed by atoms with Gasteiger partial charge >= 0.3 is 0 Å². The van der Waals surface area contributed by atoms with E-state index < -0.39 is 15.9 Å². The molecule has 8 heteroatoms. The number of benzene rings is 2. The number of fused-ring (bicyclic) bond motifs is 2. The lowest BCUT2D eigenvalue weighted by Crippen LogP contribution is -2.40. The SMILES string of the molecule is CCCN(CC=CCN1C(=O)c2ccccc2S1(=O)=O)C1CCc2cccc(OC)c2C1.Cl. The minimum atomic E-state index is -3.76. The summed E-state index contributed by atoms with van der Waals surface area (Å²) < 4.78 is 31.9. The first-order chi connectivity index (χ1) is 15.5. The van der Waals surface area contributed by atoms with Crippen molar-refractivity contribution in [1.29, 1.82) is 0 Å². The van der Waals surface area contributed by atoms with Gasteiger partial charge in [0, 0.05) is 12.6 Å². The third kappa shape index (κ3) is 4.95. The number of hydrogen-bond donors (Lipinski definition) is 0. The number of carbonyl (C=O) groups is 1. The van der Waals surface area contributed by atoms with Crippen molar-refractivity contribution in [3.63, 3.8) is 0 Å². The van der Waals surface area contributed by atoms with Gasteiger partial charge in [0.1, 0.15) is 10.6 Å². The van der Waals surface area contributed by atoms with Crippen molar-refractivity contribution < 1.29 is 17.9 Å². The molecule has 4 rings (SSSR count). The number of ether oxygens (including phenoxy) is 1. The molecule has 2 aromatic rings. The standard InChI is InChI=1S/C25H30N2O4S.ClH/c1-3-15-26(20-14-13-19-9-8-11-23(31-2)22(19)18-20)16-6-7-17-27-25(28)21-10-4-5-12-24(21)32(27,29)30;/h4-12,20H,3,13-18H2,1-2H3;1H. The maximum Gasteiger partial charge on any atom is 0.269 e. The Balaban J connectivity index is 0.00000306. The van der Waals surface area contributed by atoms with Crippen LogP contribution in [0.4, 0.5) is 0 Å². The predicted molar refractivity (Wildman–Crippen MR) is 132 cm³/mol. The number of carbonyl (C=O) groups excluding carboxylic acids is 1. The van der Waals surface area contributed by atoms with Crippen LogP contribution in [0.1, 0.15) is 41.3 Å². The minimum Gasteiger partial charge on any atom is -0.496 e. The molecule has 0 fully saturated rings. The maximum atomic E-state index is 12.7. The van der Waals surface area contributed by atoms with Gasteiger partial charge in [0.2, 0.25) is 0 Å². The molecule has 2 aliphatic rings. The third-order valence-electron chi connectivity index (χ3n) is 6.35. The van der Waals surface area contributed by atoms with Gasteiger partial charge < -0.3 is 4.74 Å². The summed E-state index contributed by atoms with van der Waals surface area (Å²) in [5.41, 5.74) is 2.91. The molecule has 0 spiro atoms. The molecule has 1 aliphatic heterocycles. The lowest BCUT2D eigenvalue weighted by atomic mass is 9.86. The van der Waals surface area contributed by atoms with Crippen molar-refractivity contribution in [2.75, 3.05) is 26.7 Å². The number of aryl methyl sites for hydroxylation is 1. The Morgan fingerprint density at radius 2 is 1.94 bits per heavy atom. The molecule has 1 aliphatic carbocycles. The van der Waals surface area contributed by atoms with Gasteiger partial charge in [0.25, 0.3) is 15.9 Å². The van der Waals surface area contributed by atoms with Crippen LogP contribution >= 0.6 is 12.4 Å². The average Bonchev–Trinajstić information content (AvgIpc) is 3.00. The molecule has 1 amide bonds. The van der Waals surface area contributed by atoms with Crippen LogP contribution in [0.5, 0.6) is 5.75 Å². The van der Waals surface area contributed by atoms with Crippen LogP contribution in [0, 0.1) is 0 Å². The Bertz CT molecular complexity index is 1120. The second-order valence-corrected chi connectivity index (χ2v) is 10.1. The molecule has 0 N–H and O–H groups in total. The fraction of sp³-hybridized carbons (Fsp3) is 0.400. The summed E-state index contributed by atoms with van der Waals surface area (Å²) in [4.78, 5) is 15.1. The largest absolute Gasteiger partial charge is 0.496 e. The summed E-state index contributed by atoms with van der Waals surface area (Å²) in [5, 5.41) is 0. The van der Waals surface area contributed by atoms with Crippen LogP contribution in [0.25, 0.3) is 0 Å². The zero-order valence-electron chi connectivity index (χ0n) is 19.1. The van der Waals surface area contributed by atoms with Gasteiger partial charge in [-0.1, -0.05) is 43.3 Å². The highest BCUT2D eigenvalue weighted by Gasteiger charge is 2.40. The quantitative estimate of drug-likeness (QED) is 0.521. The summed E-state index contributed by atoms with van der Waals surface area (Å²) in [6, 6.07) is 13.1. The second kappa shape index (κ2) is 10.7. The van der Waals surface area contributed by atoms with E-state index in [1.54, 1.807) is 31.4 Å². The zero-order chi connectivity index (χ0) is 22.7. The van der Waals surface area contributed by atoms with E-state index in [1.165, 1.54) is 17.2 Å². The van der Waals surface area contributed by atoms with Crippen LogP contribution < -0.4 is 4.74 Å². The molecule has 6 nitrogen and oxygen atoms in total. The first-order valence-electron chi connectivity index (χ1n) is 11.2. The molecule has 0 saturated carbocycles. The number of halogens is 1. The first-order valence-corrected chi connectivity index (χ1v) is 12.6. The number of hydrogen-bond acceptors (Lipinski definition) is 5. The highest BCUT2D eigenvalue weighted by atomic mass is 35.5. The lowest BCUT2D eigenvalue weighted by Gasteiger charge is -2.35. The summed E-state index contributed by atoms with van der Waals surface area (Å²) in [7, 11) is -2.04. The Kier molecular flexibility index (Phi) is 8.21. The first kappa shape index (κ1) is 25.3. The van der Waals surface area contributed by atoms with Crippen molar-refractivity contribution in [2.45, 2.75) is 43.5 Å². The van der Waals surface area contributed by atoms with Gasteiger partial charge in [-0.3, -0.25) is 9.69 Å². The number of nitrogens with zero attached hydrogens (tertiary/aromatic N) is 2. The topological polar surface area (TPSA) is 66.9 Å². The summed E-state index contributed by atoms with van der Waals surface area (Å²) >= 11 is 0. The van der Waals surface area contributed by atoms with Crippen molar-refractivity contribution in [1.82, 2.24) is 9.21 Å². The highest BCUT2D eigenvalue weighted by Crippen LogP contribution is 2.32. The predicted octanol–water partition coefficient (Wildman–Crippen LogP) is 4.09. The van der Waals surface area contributed by atoms with Crippen LogP contribution in [-0.2, 0) is 22.9 Å². The fourth-order valence-electron chi connectivity index (χ4n) is 4.74. The molecule has 2 aromatic carbocycles. The van der Waals surface area contributed by atoms with Gasteiger partial charge in [-0.2, -0.15) is 0 Å². The summed E-state index contributed by atoms with van der Waals surface area (Å²) in [6.45, 7) is 3.90. The van der Waals surface area contributed by atoms with E-state index in [2.05, 4.69) is 24.0 Å². The van der Waals surface area contributed by atoms with Crippen LogP contribution in [0.15, 0.2) is 59.5 Å². The fourth-order valence-corrected chi connectivity index (χ4v) is 6.26. The molecule has 0 radical (unpaired) electrons. The van der Waals surface area contributed by atoms with E-state index in [0.717, 1.165) is 48.8 Å². The van der Waals surface area contributed by atoms with Crippen LogP contribution in [0.2, 0.25) is 0 Å². The number of sulfonamides is 1. The monoisotopic (exact) mass is 490 g/mol. The van der Waals surface area contributed by atoms with E-state index in [-0.39, 0.29) is 29.4 Å². The Morgan fingerprint density at radius 3 is 2.67 bits per heavy atom. The lowest BCUT2D eigenvalue weighted by molar-refractivity contribution is 0.0880. The number of amides is 1. The molecule has 0 saturated heterocycles. The molecule has 1 atom stereocenters. The van der Waals surface area contributed by atoms with Gasteiger partial charge in [-0.05, 0) is 61.6 Å². The second-order valence-electron chi connectivity index (χ2n) is 8.30.